The predicted molar refractivity (Wildman–Crippen MR) is 93.5 cm³/mol. The molecule has 0 amide bonds. The minimum Gasteiger partial charge on any atom is -0.377 e. The van der Waals surface area contributed by atoms with Crippen molar-refractivity contribution in [1.29, 1.82) is 0 Å². The number of halogens is 2. The molecular formula is C18H28Cl2O4. The summed E-state index contributed by atoms with van der Waals surface area (Å²) in [5.41, 5.74) is 0. The molecule has 138 valence electrons. The lowest BCUT2D eigenvalue weighted by Crippen LogP contribution is -2.49. The normalized spacial score (nSPS) is 47.3. The predicted octanol–water partition coefficient (Wildman–Crippen LogP) is 3.62. The third kappa shape index (κ3) is 4.09. The second-order valence-electron chi connectivity index (χ2n) is 7.77. The van der Waals surface area contributed by atoms with Gasteiger partial charge < -0.3 is 14.2 Å². The third-order valence-corrected chi connectivity index (χ3v) is 7.16. The van der Waals surface area contributed by atoms with Gasteiger partial charge in [-0.1, -0.05) is 13.8 Å². The summed E-state index contributed by atoms with van der Waals surface area (Å²) in [6.45, 7) is 6.11. The molecule has 2 heterocycles. The number of ketones is 1. The number of hydrogen-bond acceptors (Lipinski definition) is 4. The van der Waals surface area contributed by atoms with Gasteiger partial charge in [-0.3, -0.25) is 4.79 Å². The number of hydrogen-bond donors (Lipinski definition) is 0. The van der Waals surface area contributed by atoms with Crippen LogP contribution in [0, 0.1) is 23.7 Å². The van der Waals surface area contributed by atoms with Crippen LogP contribution in [0.15, 0.2) is 0 Å². The van der Waals surface area contributed by atoms with Gasteiger partial charge in [0.05, 0.1) is 30.1 Å². The Balaban J connectivity index is 1.50. The first-order valence-electron chi connectivity index (χ1n) is 9.14. The quantitative estimate of drug-likeness (QED) is 0.703. The van der Waals surface area contributed by atoms with Crippen LogP contribution in [0.1, 0.15) is 39.5 Å². The molecule has 4 nitrogen and oxygen atoms in total. The van der Waals surface area contributed by atoms with Gasteiger partial charge in [0.1, 0.15) is 0 Å². The van der Waals surface area contributed by atoms with E-state index in [0.717, 1.165) is 25.9 Å². The highest BCUT2D eigenvalue weighted by Crippen LogP contribution is 2.38. The van der Waals surface area contributed by atoms with Gasteiger partial charge in [0, 0.05) is 18.4 Å². The smallest absolute Gasteiger partial charge is 0.218 e. The van der Waals surface area contributed by atoms with E-state index >= 15 is 0 Å². The maximum absolute atomic E-state index is 12.7. The van der Waals surface area contributed by atoms with Crippen LogP contribution in [0.5, 0.6) is 0 Å². The number of Topliss-reactive ketones (excluding diaryl/α,β-unsaturated/α-hetero) is 1. The molecule has 0 radical (unpaired) electrons. The first-order chi connectivity index (χ1) is 11.5. The minimum atomic E-state index is -0.799. The van der Waals surface area contributed by atoms with Crippen molar-refractivity contribution < 1.29 is 19.0 Å². The molecule has 0 aromatic carbocycles. The van der Waals surface area contributed by atoms with Gasteiger partial charge in [0.15, 0.2) is 5.78 Å². The van der Waals surface area contributed by atoms with Gasteiger partial charge >= 0.3 is 0 Å². The van der Waals surface area contributed by atoms with Crippen LogP contribution in [0.3, 0.4) is 0 Å². The molecular weight excluding hydrogens is 351 g/mol. The maximum atomic E-state index is 12.7. The molecule has 3 aliphatic rings. The van der Waals surface area contributed by atoms with Crippen molar-refractivity contribution in [2.24, 2.45) is 23.7 Å². The molecule has 0 aromatic rings. The average molecular weight is 379 g/mol. The van der Waals surface area contributed by atoms with Crippen LogP contribution < -0.4 is 0 Å². The molecule has 1 saturated carbocycles. The number of carbonyl (C=O) groups is 1. The van der Waals surface area contributed by atoms with E-state index in [-0.39, 0.29) is 34.5 Å². The Kier molecular flexibility index (Phi) is 6.47. The Bertz CT molecular complexity index is 431. The summed E-state index contributed by atoms with van der Waals surface area (Å²) in [5.74, 6) is 0.837. The first-order valence-corrected chi connectivity index (χ1v) is 10.0. The van der Waals surface area contributed by atoms with E-state index in [1.807, 2.05) is 0 Å². The zero-order valence-electron chi connectivity index (χ0n) is 14.5. The summed E-state index contributed by atoms with van der Waals surface area (Å²) >= 11 is 12.8. The molecule has 0 N–H and O–H groups in total. The van der Waals surface area contributed by atoms with Crippen LogP contribution in [-0.4, -0.2) is 48.8 Å². The van der Waals surface area contributed by atoms with Crippen molar-refractivity contribution in [3.63, 3.8) is 0 Å². The Morgan fingerprint density at radius 3 is 2.21 bits per heavy atom. The highest BCUT2D eigenvalue weighted by Gasteiger charge is 2.43. The summed E-state index contributed by atoms with van der Waals surface area (Å²) in [6, 6.07) is 0. The van der Waals surface area contributed by atoms with E-state index in [4.69, 9.17) is 37.4 Å². The fourth-order valence-electron chi connectivity index (χ4n) is 3.94. The van der Waals surface area contributed by atoms with E-state index in [2.05, 4.69) is 13.8 Å². The second-order valence-corrected chi connectivity index (χ2v) is 8.77. The van der Waals surface area contributed by atoms with Crippen molar-refractivity contribution in [2.75, 3.05) is 19.8 Å². The molecule has 0 aromatic heterocycles. The molecule has 1 aliphatic carbocycles. The molecule has 6 atom stereocenters. The van der Waals surface area contributed by atoms with Crippen LogP contribution in [0.4, 0.5) is 0 Å². The van der Waals surface area contributed by atoms with Crippen molar-refractivity contribution in [1.82, 2.24) is 0 Å². The Morgan fingerprint density at radius 2 is 1.58 bits per heavy atom. The first kappa shape index (κ1) is 18.9. The highest BCUT2D eigenvalue weighted by atomic mass is 35.5. The maximum Gasteiger partial charge on any atom is 0.218 e. The molecule has 0 bridgehead atoms. The van der Waals surface area contributed by atoms with Crippen LogP contribution in [0.25, 0.3) is 0 Å². The van der Waals surface area contributed by atoms with Gasteiger partial charge in [-0.15, -0.1) is 23.2 Å². The topological polar surface area (TPSA) is 44.8 Å². The van der Waals surface area contributed by atoms with Gasteiger partial charge in [0.2, 0.25) is 6.29 Å². The van der Waals surface area contributed by atoms with E-state index in [1.165, 1.54) is 6.42 Å². The van der Waals surface area contributed by atoms with Gasteiger partial charge in [-0.2, -0.15) is 0 Å². The Hall–Kier alpha value is 0.130. The number of alkyl halides is 2. The zero-order valence-corrected chi connectivity index (χ0v) is 16.0. The monoisotopic (exact) mass is 378 g/mol. The molecule has 0 spiro atoms. The number of ether oxygens (including phenoxy) is 3. The minimum absolute atomic E-state index is 0.0517. The number of rotatable bonds is 3. The molecule has 3 fully saturated rings. The van der Waals surface area contributed by atoms with Crippen molar-refractivity contribution in [3.05, 3.63) is 0 Å². The van der Waals surface area contributed by atoms with Gasteiger partial charge in [-0.25, -0.2) is 0 Å². The average Bonchev–Trinajstić information content (AvgIpc) is 2.60. The SMILES string of the molecule is CC1CCC(C2COC(C(=O)C3CCC(C)C(Cl)C3Cl)OC2)OC1. The highest BCUT2D eigenvalue weighted by molar-refractivity contribution is 6.31. The van der Waals surface area contributed by atoms with Crippen LogP contribution in [0.2, 0.25) is 0 Å². The van der Waals surface area contributed by atoms with Gasteiger partial charge in [-0.05, 0) is 37.5 Å². The summed E-state index contributed by atoms with van der Waals surface area (Å²) in [6.07, 6.45) is 3.27. The Labute approximate surface area is 154 Å². The zero-order chi connectivity index (χ0) is 17.3. The molecule has 6 heteroatoms. The van der Waals surface area contributed by atoms with E-state index in [1.54, 1.807) is 0 Å². The van der Waals surface area contributed by atoms with Crippen LogP contribution in [-0.2, 0) is 19.0 Å². The van der Waals surface area contributed by atoms with Crippen molar-refractivity contribution in [3.8, 4) is 0 Å². The molecule has 6 unspecified atom stereocenters. The fraction of sp³-hybridized carbons (Fsp3) is 0.944. The molecule has 3 rings (SSSR count). The van der Waals surface area contributed by atoms with Crippen molar-refractivity contribution in [2.45, 2.75) is 62.7 Å². The lowest BCUT2D eigenvalue weighted by molar-refractivity contribution is -0.222. The molecule has 2 saturated heterocycles. The second kappa shape index (κ2) is 8.22. The van der Waals surface area contributed by atoms with Crippen molar-refractivity contribution >= 4 is 29.0 Å². The number of carbonyl (C=O) groups excluding carboxylic acids is 1. The largest absolute Gasteiger partial charge is 0.377 e. The van der Waals surface area contributed by atoms with Gasteiger partial charge in [0.25, 0.3) is 0 Å². The standard InChI is InChI=1S/C18H28Cl2O4/c1-10-3-6-14(22-7-10)12-8-23-18(24-9-12)17(21)13-5-4-11(2)15(19)16(13)20/h10-16,18H,3-9H2,1-2H3. The Morgan fingerprint density at radius 1 is 0.875 bits per heavy atom. The summed E-state index contributed by atoms with van der Waals surface area (Å²) in [7, 11) is 0. The summed E-state index contributed by atoms with van der Waals surface area (Å²) in [4.78, 5) is 12.7. The molecule has 24 heavy (non-hydrogen) atoms. The van der Waals surface area contributed by atoms with E-state index in [9.17, 15) is 4.79 Å². The third-order valence-electron chi connectivity index (χ3n) is 5.75. The lowest BCUT2D eigenvalue weighted by atomic mass is 9.79. The fourth-order valence-corrected chi connectivity index (χ4v) is 4.74. The van der Waals surface area contributed by atoms with E-state index in [0.29, 0.717) is 25.0 Å². The summed E-state index contributed by atoms with van der Waals surface area (Å²) in [5, 5.41) is -0.528. The molecule has 2 aliphatic heterocycles. The van der Waals surface area contributed by atoms with E-state index < -0.39 is 6.29 Å². The summed E-state index contributed by atoms with van der Waals surface area (Å²) < 4.78 is 17.4. The lowest BCUT2D eigenvalue weighted by Gasteiger charge is -2.39. The van der Waals surface area contributed by atoms with Crippen LogP contribution >= 0.6 is 23.2 Å².